The molecule has 2 heterocycles. The number of carbonyl (C=O) groups excluding carboxylic acids is 1. The fourth-order valence-corrected chi connectivity index (χ4v) is 7.38. The standard InChI is InChI=1S/C33H47N3O/c1-2-32(37)36(31-16-10-5-11-17-31)27-33-25-34(21-18-28-12-6-3-7-13-28)23-20-30(33)24-35(26-33)22-19-29-14-8-4-9-15-29/h3,5-7,10-13,16-17,29-30H,2,4,8-9,14-15,18-27H2,1H3. The molecule has 4 nitrogen and oxygen atoms in total. The van der Waals surface area contributed by atoms with Crippen LogP contribution in [0.5, 0.6) is 0 Å². The summed E-state index contributed by atoms with van der Waals surface area (Å²) in [5.41, 5.74) is 2.62. The Morgan fingerprint density at radius 1 is 0.892 bits per heavy atom. The van der Waals surface area contributed by atoms with E-state index in [0.29, 0.717) is 12.3 Å². The van der Waals surface area contributed by atoms with Crippen LogP contribution in [0.2, 0.25) is 0 Å². The molecule has 0 aromatic heterocycles. The smallest absolute Gasteiger partial charge is 0.226 e. The van der Waals surface area contributed by atoms with Crippen LogP contribution in [0.4, 0.5) is 5.69 Å². The van der Waals surface area contributed by atoms with Crippen molar-refractivity contribution in [1.82, 2.24) is 9.80 Å². The van der Waals surface area contributed by atoms with Crippen LogP contribution in [0.1, 0.15) is 63.9 Å². The van der Waals surface area contributed by atoms with Crippen molar-refractivity contribution in [3.8, 4) is 0 Å². The topological polar surface area (TPSA) is 26.8 Å². The van der Waals surface area contributed by atoms with Gasteiger partial charge in [0.2, 0.25) is 5.91 Å². The molecule has 0 spiro atoms. The highest BCUT2D eigenvalue weighted by atomic mass is 16.2. The van der Waals surface area contributed by atoms with E-state index in [0.717, 1.165) is 44.2 Å². The first kappa shape index (κ1) is 26.4. The predicted molar refractivity (Wildman–Crippen MR) is 154 cm³/mol. The van der Waals surface area contributed by atoms with E-state index in [2.05, 4.69) is 69.3 Å². The lowest BCUT2D eigenvalue weighted by Crippen LogP contribution is -2.55. The van der Waals surface area contributed by atoms with Gasteiger partial charge in [0, 0.05) is 50.2 Å². The third-order valence-electron chi connectivity index (χ3n) is 9.50. The number of amides is 1. The van der Waals surface area contributed by atoms with Crippen molar-refractivity contribution in [3.05, 3.63) is 66.2 Å². The quantitative estimate of drug-likeness (QED) is 0.384. The van der Waals surface area contributed by atoms with Gasteiger partial charge in [-0.1, -0.05) is 87.6 Å². The number of rotatable bonds is 10. The van der Waals surface area contributed by atoms with E-state index in [1.54, 1.807) is 0 Å². The summed E-state index contributed by atoms with van der Waals surface area (Å²) in [6.45, 7) is 9.82. The minimum atomic E-state index is 0.141. The summed E-state index contributed by atoms with van der Waals surface area (Å²) in [5.74, 6) is 1.85. The average molecular weight is 502 g/mol. The highest BCUT2D eigenvalue weighted by molar-refractivity contribution is 5.93. The summed E-state index contributed by atoms with van der Waals surface area (Å²) >= 11 is 0. The maximum atomic E-state index is 13.3. The molecular formula is C33H47N3O. The summed E-state index contributed by atoms with van der Waals surface area (Å²) in [7, 11) is 0. The van der Waals surface area contributed by atoms with Crippen LogP contribution in [0.25, 0.3) is 0 Å². The molecule has 1 amide bonds. The monoisotopic (exact) mass is 501 g/mol. The van der Waals surface area contributed by atoms with Gasteiger partial charge in [0.15, 0.2) is 0 Å². The van der Waals surface area contributed by atoms with Crippen molar-refractivity contribution in [2.45, 2.75) is 64.7 Å². The largest absolute Gasteiger partial charge is 0.312 e. The van der Waals surface area contributed by atoms with Crippen LogP contribution in [-0.2, 0) is 11.2 Å². The van der Waals surface area contributed by atoms with Crippen molar-refractivity contribution < 1.29 is 4.79 Å². The number of anilines is 1. The molecule has 3 aliphatic rings. The van der Waals surface area contributed by atoms with Crippen LogP contribution < -0.4 is 4.90 Å². The van der Waals surface area contributed by atoms with Crippen LogP contribution in [0.3, 0.4) is 0 Å². The van der Waals surface area contributed by atoms with Gasteiger partial charge < -0.3 is 14.7 Å². The zero-order valence-electron chi connectivity index (χ0n) is 23.0. The molecular weight excluding hydrogens is 454 g/mol. The number of nitrogens with zero attached hydrogens (tertiary/aromatic N) is 3. The van der Waals surface area contributed by atoms with Gasteiger partial charge in [0.25, 0.3) is 0 Å². The SMILES string of the molecule is CCC(=O)N(CC12CN(CCc3ccccc3)CCC1CN(CCC1CCCCC1)C2)c1ccccc1. The zero-order chi connectivity index (χ0) is 25.5. The molecule has 0 radical (unpaired) electrons. The van der Waals surface area contributed by atoms with Gasteiger partial charge in [0.05, 0.1) is 0 Å². The first-order valence-corrected chi connectivity index (χ1v) is 15.0. The maximum absolute atomic E-state index is 13.3. The third-order valence-corrected chi connectivity index (χ3v) is 9.50. The Morgan fingerprint density at radius 3 is 2.32 bits per heavy atom. The van der Waals surface area contributed by atoms with E-state index in [9.17, 15) is 4.79 Å². The minimum Gasteiger partial charge on any atom is -0.312 e. The molecule has 2 unspecified atom stereocenters. The Morgan fingerprint density at radius 2 is 1.59 bits per heavy atom. The summed E-state index contributed by atoms with van der Waals surface area (Å²) < 4.78 is 0. The van der Waals surface area contributed by atoms with Gasteiger partial charge in [0.1, 0.15) is 0 Å². The molecule has 2 aromatic rings. The van der Waals surface area contributed by atoms with Crippen molar-refractivity contribution in [2.24, 2.45) is 17.3 Å². The second-order valence-electron chi connectivity index (χ2n) is 12.1. The molecule has 3 fully saturated rings. The van der Waals surface area contributed by atoms with Crippen LogP contribution in [0, 0.1) is 17.3 Å². The van der Waals surface area contributed by atoms with E-state index >= 15 is 0 Å². The average Bonchev–Trinajstić information content (AvgIpc) is 3.32. The second kappa shape index (κ2) is 12.6. The van der Waals surface area contributed by atoms with Gasteiger partial charge in [-0.3, -0.25) is 4.79 Å². The Hall–Kier alpha value is -2.17. The normalized spacial score (nSPS) is 25.2. The third kappa shape index (κ3) is 6.64. The van der Waals surface area contributed by atoms with Crippen molar-refractivity contribution in [1.29, 1.82) is 0 Å². The van der Waals surface area contributed by atoms with Crippen molar-refractivity contribution in [3.63, 3.8) is 0 Å². The van der Waals surface area contributed by atoms with E-state index in [4.69, 9.17) is 0 Å². The first-order valence-electron chi connectivity index (χ1n) is 15.0. The molecule has 0 N–H and O–H groups in total. The van der Waals surface area contributed by atoms with Gasteiger partial charge in [-0.25, -0.2) is 0 Å². The number of likely N-dealkylation sites (tertiary alicyclic amines) is 2. The minimum absolute atomic E-state index is 0.141. The number of benzene rings is 2. The number of fused-ring (bicyclic) bond motifs is 1. The molecule has 1 saturated carbocycles. The Kier molecular flexibility index (Phi) is 8.99. The molecule has 2 atom stereocenters. The van der Waals surface area contributed by atoms with Gasteiger partial charge >= 0.3 is 0 Å². The molecule has 2 saturated heterocycles. The molecule has 2 aliphatic heterocycles. The molecule has 200 valence electrons. The maximum Gasteiger partial charge on any atom is 0.226 e. The molecule has 1 aliphatic carbocycles. The summed E-state index contributed by atoms with van der Waals surface area (Å²) in [4.78, 5) is 20.9. The van der Waals surface area contributed by atoms with Gasteiger partial charge in [-0.2, -0.15) is 0 Å². The number of carbonyl (C=O) groups is 1. The predicted octanol–water partition coefficient (Wildman–Crippen LogP) is 6.27. The fraction of sp³-hybridized carbons (Fsp3) is 0.606. The Bertz CT molecular complexity index is 974. The van der Waals surface area contributed by atoms with Crippen molar-refractivity contribution in [2.75, 3.05) is 50.7 Å². The van der Waals surface area contributed by atoms with Crippen LogP contribution in [-0.4, -0.2) is 61.5 Å². The van der Waals surface area contributed by atoms with Crippen LogP contribution in [0.15, 0.2) is 60.7 Å². The molecule has 37 heavy (non-hydrogen) atoms. The van der Waals surface area contributed by atoms with Crippen molar-refractivity contribution >= 4 is 11.6 Å². The summed E-state index contributed by atoms with van der Waals surface area (Å²) in [6.07, 6.45) is 11.4. The molecule has 0 bridgehead atoms. The second-order valence-corrected chi connectivity index (χ2v) is 12.1. The lowest BCUT2D eigenvalue weighted by Gasteiger charge is -2.46. The zero-order valence-corrected chi connectivity index (χ0v) is 23.0. The Labute approximate surface area is 225 Å². The van der Waals surface area contributed by atoms with E-state index in [1.165, 1.54) is 70.1 Å². The number of piperidine rings is 1. The first-order chi connectivity index (χ1) is 18.1. The summed E-state index contributed by atoms with van der Waals surface area (Å²) in [6, 6.07) is 21.3. The fourth-order valence-electron chi connectivity index (χ4n) is 7.38. The van der Waals surface area contributed by atoms with E-state index < -0.39 is 0 Å². The summed E-state index contributed by atoms with van der Waals surface area (Å²) in [5, 5.41) is 0. The van der Waals surface area contributed by atoms with Gasteiger partial charge in [-0.05, 0) is 61.9 Å². The van der Waals surface area contributed by atoms with Crippen LogP contribution >= 0.6 is 0 Å². The molecule has 5 rings (SSSR count). The van der Waals surface area contributed by atoms with E-state index in [-0.39, 0.29) is 11.3 Å². The number of hydrogen-bond donors (Lipinski definition) is 0. The Balaban J connectivity index is 1.33. The number of para-hydroxylation sites is 1. The lowest BCUT2D eigenvalue weighted by molar-refractivity contribution is -0.118. The van der Waals surface area contributed by atoms with Gasteiger partial charge in [-0.15, -0.1) is 0 Å². The lowest BCUT2D eigenvalue weighted by atomic mass is 9.72. The molecule has 4 heteroatoms. The van der Waals surface area contributed by atoms with E-state index in [1.807, 2.05) is 13.0 Å². The highest BCUT2D eigenvalue weighted by Gasteiger charge is 2.50. The highest BCUT2D eigenvalue weighted by Crippen LogP contribution is 2.44. The molecule has 2 aromatic carbocycles. The number of hydrogen-bond acceptors (Lipinski definition) is 3.